The zero-order valence-electron chi connectivity index (χ0n) is 13.2. The summed E-state index contributed by atoms with van der Waals surface area (Å²) in [5.41, 5.74) is 0. The third kappa shape index (κ3) is 5.41. The van der Waals surface area contributed by atoms with E-state index in [2.05, 4.69) is 36.0 Å². The van der Waals surface area contributed by atoms with E-state index in [0.29, 0.717) is 0 Å². The molecule has 0 amide bonds. The molecule has 19 heavy (non-hydrogen) atoms. The summed E-state index contributed by atoms with van der Waals surface area (Å²) in [6.45, 7) is 12.3. The lowest BCUT2D eigenvalue weighted by molar-refractivity contribution is 0.155. The van der Waals surface area contributed by atoms with Crippen LogP contribution in [-0.4, -0.2) is 62.2 Å². The van der Waals surface area contributed by atoms with Crippen molar-refractivity contribution in [1.82, 2.24) is 15.1 Å². The van der Waals surface area contributed by atoms with Crippen molar-refractivity contribution < 1.29 is 0 Å². The van der Waals surface area contributed by atoms with Crippen LogP contribution in [0.3, 0.4) is 0 Å². The summed E-state index contributed by atoms with van der Waals surface area (Å²) >= 11 is 0. The summed E-state index contributed by atoms with van der Waals surface area (Å²) < 4.78 is 0. The third-order valence-electron chi connectivity index (χ3n) is 4.79. The van der Waals surface area contributed by atoms with Gasteiger partial charge < -0.3 is 15.1 Å². The Kier molecular flexibility index (Phi) is 6.11. The Hall–Kier alpha value is -0.120. The molecule has 2 aliphatic rings. The summed E-state index contributed by atoms with van der Waals surface area (Å²) in [4.78, 5) is 5.17. The van der Waals surface area contributed by atoms with Gasteiger partial charge in [0.2, 0.25) is 0 Å². The number of hydrogen-bond donors (Lipinski definition) is 1. The smallest absolute Gasteiger partial charge is 0.0197 e. The second-order valence-electron chi connectivity index (χ2n) is 7.12. The third-order valence-corrected chi connectivity index (χ3v) is 4.79. The quantitative estimate of drug-likeness (QED) is 0.822. The Morgan fingerprint density at radius 3 is 2.58 bits per heavy atom. The van der Waals surface area contributed by atoms with Crippen molar-refractivity contribution in [1.29, 1.82) is 0 Å². The largest absolute Gasteiger partial charge is 0.311 e. The highest BCUT2D eigenvalue weighted by molar-refractivity contribution is 4.80. The van der Waals surface area contributed by atoms with E-state index in [1.54, 1.807) is 0 Å². The van der Waals surface area contributed by atoms with Crippen molar-refractivity contribution in [3.05, 3.63) is 0 Å². The highest BCUT2D eigenvalue weighted by Crippen LogP contribution is 2.20. The number of nitrogens with zero attached hydrogens (tertiary/aromatic N) is 2. The first-order chi connectivity index (χ1) is 9.13. The summed E-state index contributed by atoms with van der Waals surface area (Å²) in [7, 11) is 2.25. The molecule has 2 saturated heterocycles. The molecule has 2 aliphatic heterocycles. The van der Waals surface area contributed by atoms with Crippen LogP contribution in [0.15, 0.2) is 0 Å². The Morgan fingerprint density at radius 1 is 1.16 bits per heavy atom. The second kappa shape index (κ2) is 7.61. The maximum absolute atomic E-state index is 3.68. The van der Waals surface area contributed by atoms with Crippen LogP contribution >= 0.6 is 0 Å². The summed E-state index contributed by atoms with van der Waals surface area (Å²) in [6, 6.07) is 0.728. The van der Waals surface area contributed by atoms with Crippen LogP contribution in [0.2, 0.25) is 0 Å². The van der Waals surface area contributed by atoms with E-state index in [4.69, 9.17) is 0 Å². The van der Waals surface area contributed by atoms with Gasteiger partial charge >= 0.3 is 0 Å². The van der Waals surface area contributed by atoms with Crippen LogP contribution < -0.4 is 5.32 Å². The van der Waals surface area contributed by atoms with Crippen LogP contribution in [0.5, 0.6) is 0 Å². The number of hydrogen-bond acceptors (Lipinski definition) is 3. The molecular formula is C16H33N3. The average Bonchev–Trinajstić information content (AvgIpc) is 2.38. The summed E-state index contributed by atoms with van der Waals surface area (Å²) in [5, 5.41) is 3.68. The molecule has 0 aromatic rings. The van der Waals surface area contributed by atoms with Gasteiger partial charge in [-0.25, -0.2) is 0 Å². The molecule has 1 unspecified atom stereocenters. The van der Waals surface area contributed by atoms with E-state index in [-0.39, 0.29) is 0 Å². The maximum atomic E-state index is 3.68. The van der Waals surface area contributed by atoms with Gasteiger partial charge in [-0.05, 0) is 64.2 Å². The van der Waals surface area contributed by atoms with Crippen LogP contribution in [0, 0.1) is 11.8 Å². The van der Waals surface area contributed by atoms with Crippen molar-refractivity contribution in [2.75, 3.05) is 46.3 Å². The minimum absolute atomic E-state index is 0.728. The minimum Gasteiger partial charge on any atom is -0.311 e. The standard InChI is InChI=1S/C16H33N3/c1-14(2)12-16-13-19(11-7-17-16)10-6-15-4-8-18(3)9-5-15/h14-17H,4-13H2,1-3H3. The Bertz CT molecular complexity index is 246. The Morgan fingerprint density at radius 2 is 1.89 bits per heavy atom. The van der Waals surface area contributed by atoms with Gasteiger partial charge in [-0.1, -0.05) is 13.8 Å². The molecule has 0 radical (unpaired) electrons. The number of rotatable bonds is 5. The van der Waals surface area contributed by atoms with Crippen LogP contribution in [0.1, 0.15) is 39.5 Å². The van der Waals surface area contributed by atoms with Gasteiger partial charge in [-0.2, -0.15) is 0 Å². The lowest BCUT2D eigenvalue weighted by atomic mass is 9.93. The second-order valence-corrected chi connectivity index (χ2v) is 7.12. The molecule has 0 aliphatic carbocycles. The predicted octanol–water partition coefficient (Wildman–Crippen LogP) is 2.04. The maximum Gasteiger partial charge on any atom is 0.0197 e. The van der Waals surface area contributed by atoms with Gasteiger partial charge in [-0.15, -0.1) is 0 Å². The number of piperidine rings is 1. The Balaban J connectivity index is 1.65. The molecule has 0 bridgehead atoms. The van der Waals surface area contributed by atoms with Gasteiger partial charge in [-0.3, -0.25) is 0 Å². The normalized spacial score (nSPS) is 28.1. The highest BCUT2D eigenvalue weighted by atomic mass is 15.2. The molecule has 0 aromatic heterocycles. The lowest BCUT2D eigenvalue weighted by Gasteiger charge is -2.36. The molecule has 0 spiro atoms. The van der Waals surface area contributed by atoms with E-state index >= 15 is 0 Å². The SMILES string of the molecule is CC(C)CC1CN(CCC2CCN(C)CC2)CCN1. The predicted molar refractivity (Wildman–Crippen MR) is 82.5 cm³/mol. The minimum atomic E-state index is 0.728. The van der Waals surface area contributed by atoms with Crippen LogP contribution in [-0.2, 0) is 0 Å². The molecule has 0 saturated carbocycles. The molecule has 3 heteroatoms. The molecule has 2 fully saturated rings. The summed E-state index contributed by atoms with van der Waals surface area (Å²) in [5.74, 6) is 1.79. The molecule has 1 N–H and O–H groups in total. The molecule has 112 valence electrons. The van der Waals surface area contributed by atoms with Crippen LogP contribution in [0.4, 0.5) is 0 Å². The van der Waals surface area contributed by atoms with Crippen molar-refractivity contribution in [3.8, 4) is 0 Å². The number of nitrogens with one attached hydrogen (secondary N) is 1. The van der Waals surface area contributed by atoms with Crippen molar-refractivity contribution in [2.45, 2.75) is 45.6 Å². The fourth-order valence-electron chi connectivity index (χ4n) is 3.54. The molecule has 3 nitrogen and oxygen atoms in total. The molecule has 2 heterocycles. The summed E-state index contributed by atoms with van der Waals surface area (Å²) in [6.07, 6.45) is 5.57. The molecule has 0 aromatic carbocycles. The highest BCUT2D eigenvalue weighted by Gasteiger charge is 2.22. The van der Waals surface area contributed by atoms with Gasteiger partial charge in [0.15, 0.2) is 0 Å². The van der Waals surface area contributed by atoms with E-state index in [1.807, 2.05) is 0 Å². The lowest BCUT2D eigenvalue weighted by Crippen LogP contribution is -2.51. The van der Waals surface area contributed by atoms with E-state index in [9.17, 15) is 0 Å². The Labute approximate surface area is 119 Å². The first kappa shape index (κ1) is 15.3. The zero-order chi connectivity index (χ0) is 13.7. The van der Waals surface area contributed by atoms with E-state index < -0.39 is 0 Å². The van der Waals surface area contributed by atoms with Gasteiger partial charge in [0.05, 0.1) is 0 Å². The fraction of sp³-hybridized carbons (Fsp3) is 1.00. The van der Waals surface area contributed by atoms with E-state index in [1.165, 1.54) is 65.0 Å². The fourth-order valence-corrected chi connectivity index (χ4v) is 3.54. The van der Waals surface area contributed by atoms with Crippen molar-refractivity contribution in [3.63, 3.8) is 0 Å². The van der Waals surface area contributed by atoms with Gasteiger partial charge in [0.1, 0.15) is 0 Å². The van der Waals surface area contributed by atoms with E-state index in [0.717, 1.165) is 17.9 Å². The van der Waals surface area contributed by atoms with Gasteiger partial charge in [0.25, 0.3) is 0 Å². The number of piperazine rings is 1. The van der Waals surface area contributed by atoms with Crippen molar-refractivity contribution in [2.24, 2.45) is 11.8 Å². The van der Waals surface area contributed by atoms with Gasteiger partial charge in [0, 0.05) is 25.7 Å². The molecular weight excluding hydrogens is 234 g/mol. The molecule has 2 rings (SSSR count). The zero-order valence-corrected chi connectivity index (χ0v) is 13.2. The van der Waals surface area contributed by atoms with Crippen molar-refractivity contribution >= 4 is 0 Å². The first-order valence-corrected chi connectivity index (χ1v) is 8.27. The average molecular weight is 267 g/mol. The van der Waals surface area contributed by atoms with Crippen LogP contribution in [0.25, 0.3) is 0 Å². The monoisotopic (exact) mass is 267 g/mol. The topological polar surface area (TPSA) is 18.5 Å². The number of likely N-dealkylation sites (tertiary alicyclic amines) is 1. The molecule has 1 atom stereocenters. The first-order valence-electron chi connectivity index (χ1n) is 8.27.